The molecule has 1 rings (SSSR count). The normalized spacial score (nSPS) is 25.3. The van der Waals surface area contributed by atoms with Crippen molar-refractivity contribution in [1.29, 1.82) is 0 Å². The van der Waals surface area contributed by atoms with Gasteiger partial charge in [0.25, 0.3) is 0 Å². The minimum Gasteiger partial charge on any atom is -0.465 e. The Bertz CT molecular complexity index is 286. The summed E-state index contributed by atoms with van der Waals surface area (Å²) in [6, 6.07) is 0.484. The van der Waals surface area contributed by atoms with Gasteiger partial charge in [-0.1, -0.05) is 27.7 Å². The number of piperidine rings is 1. The average molecular weight is 270 g/mol. The Morgan fingerprint density at radius 2 is 2.05 bits per heavy atom. The van der Waals surface area contributed by atoms with E-state index in [4.69, 9.17) is 4.74 Å². The maximum absolute atomic E-state index is 11.6. The molecule has 1 aliphatic rings. The fourth-order valence-electron chi connectivity index (χ4n) is 2.58. The number of hydrogen-bond acceptors (Lipinski definition) is 4. The van der Waals surface area contributed by atoms with E-state index in [0.29, 0.717) is 30.5 Å². The second-order valence-electron chi connectivity index (χ2n) is 6.98. The molecule has 2 atom stereocenters. The fourth-order valence-corrected chi connectivity index (χ4v) is 2.58. The summed E-state index contributed by atoms with van der Waals surface area (Å²) in [7, 11) is 0. The zero-order valence-corrected chi connectivity index (χ0v) is 13.2. The van der Waals surface area contributed by atoms with Crippen molar-refractivity contribution in [3.05, 3.63) is 0 Å². The molecule has 1 saturated heterocycles. The molecular formula is C15H30N2O2. The summed E-state index contributed by atoms with van der Waals surface area (Å²) in [5.74, 6) is 0.520. The maximum atomic E-state index is 11.6. The third kappa shape index (κ3) is 6.92. The van der Waals surface area contributed by atoms with Crippen LogP contribution in [-0.2, 0) is 9.53 Å². The highest BCUT2D eigenvalue weighted by Crippen LogP contribution is 2.18. The topological polar surface area (TPSA) is 41.6 Å². The van der Waals surface area contributed by atoms with Crippen molar-refractivity contribution in [2.45, 2.75) is 47.1 Å². The molecule has 0 amide bonds. The highest BCUT2D eigenvalue weighted by Gasteiger charge is 2.26. The number of hydrogen-bond donors (Lipinski definition) is 1. The third-order valence-electron chi connectivity index (χ3n) is 3.31. The molecule has 1 heterocycles. The summed E-state index contributed by atoms with van der Waals surface area (Å²) in [6.07, 6.45) is 1.19. The second kappa shape index (κ2) is 7.25. The van der Waals surface area contributed by atoms with Crippen LogP contribution in [0, 0.1) is 11.3 Å². The predicted octanol–water partition coefficient (Wildman–Crippen LogP) is 1.90. The highest BCUT2D eigenvalue weighted by atomic mass is 16.5. The van der Waals surface area contributed by atoms with Crippen molar-refractivity contribution in [1.82, 2.24) is 10.2 Å². The molecule has 0 aromatic heterocycles. The van der Waals surface area contributed by atoms with Crippen LogP contribution in [0.25, 0.3) is 0 Å². The molecule has 0 spiro atoms. The van der Waals surface area contributed by atoms with Crippen LogP contribution >= 0.6 is 0 Å². The number of rotatable bonds is 5. The Kier molecular flexibility index (Phi) is 6.27. The summed E-state index contributed by atoms with van der Waals surface area (Å²) in [4.78, 5) is 13.8. The van der Waals surface area contributed by atoms with Crippen molar-refractivity contribution < 1.29 is 9.53 Å². The van der Waals surface area contributed by atoms with Crippen LogP contribution < -0.4 is 5.32 Å². The van der Waals surface area contributed by atoms with E-state index in [1.54, 1.807) is 0 Å². The first-order valence-corrected chi connectivity index (χ1v) is 7.41. The second-order valence-corrected chi connectivity index (χ2v) is 6.98. The highest BCUT2D eigenvalue weighted by molar-refractivity contribution is 5.71. The van der Waals surface area contributed by atoms with Crippen LogP contribution in [0.5, 0.6) is 0 Å². The standard InChI is InChI=1S/C15H30N2O2/c1-6-19-14(18)10-17-8-12(2)7-13(9-17)16-11-15(3,4)5/h12-13,16H,6-11H2,1-5H3. The van der Waals surface area contributed by atoms with Gasteiger partial charge in [0, 0.05) is 25.7 Å². The molecule has 1 N–H and O–H groups in total. The lowest BCUT2D eigenvalue weighted by molar-refractivity contribution is -0.145. The van der Waals surface area contributed by atoms with Crippen molar-refractivity contribution in [2.24, 2.45) is 11.3 Å². The van der Waals surface area contributed by atoms with Crippen LogP contribution in [0.3, 0.4) is 0 Å². The molecular weight excluding hydrogens is 240 g/mol. The van der Waals surface area contributed by atoms with Crippen molar-refractivity contribution in [3.63, 3.8) is 0 Å². The van der Waals surface area contributed by atoms with E-state index in [2.05, 4.69) is 37.9 Å². The van der Waals surface area contributed by atoms with Crippen LogP contribution in [0.2, 0.25) is 0 Å². The third-order valence-corrected chi connectivity index (χ3v) is 3.31. The molecule has 4 nitrogen and oxygen atoms in total. The minimum absolute atomic E-state index is 0.105. The van der Waals surface area contributed by atoms with Gasteiger partial charge in [0.15, 0.2) is 0 Å². The largest absolute Gasteiger partial charge is 0.465 e. The number of carbonyl (C=O) groups excluding carboxylic acids is 1. The average Bonchev–Trinajstić information content (AvgIpc) is 2.25. The van der Waals surface area contributed by atoms with Crippen LogP contribution in [0.15, 0.2) is 0 Å². The summed E-state index contributed by atoms with van der Waals surface area (Å²) < 4.78 is 5.03. The Labute approximate surface area is 117 Å². The number of esters is 1. The number of nitrogens with zero attached hydrogens (tertiary/aromatic N) is 1. The van der Waals surface area contributed by atoms with Crippen LogP contribution in [-0.4, -0.2) is 49.7 Å². The van der Waals surface area contributed by atoms with Gasteiger partial charge in [0.2, 0.25) is 0 Å². The summed E-state index contributed by atoms with van der Waals surface area (Å²) in [5.41, 5.74) is 0.298. The van der Waals surface area contributed by atoms with Crippen molar-refractivity contribution in [2.75, 3.05) is 32.8 Å². The lowest BCUT2D eigenvalue weighted by Crippen LogP contribution is -2.51. The van der Waals surface area contributed by atoms with Gasteiger partial charge < -0.3 is 10.1 Å². The molecule has 2 unspecified atom stereocenters. The van der Waals surface area contributed by atoms with E-state index in [9.17, 15) is 4.79 Å². The molecule has 0 bridgehead atoms. The maximum Gasteiger partial charge on any atom is 0.320 e. The first-order valence-electron chi connectivity index (χ1n) is 7.41. The van der Waals surface area contributed by atoms with E-state index >= 15 is 0 Å². The predicted molar refractivity (Wildman–Crippen MR) is 78.1 cm³/mol. The summed E-state index contributed by atoms with van der Waals surface area (Å²) in [6.45, 7) is 14.7. The minimum atomic E-state index is -0.105. The number of likely N-dealkylation sites (tertiary alicyclic amines) is 1. The van der Waals surface area contributed by atoms with Gasteiger partial charge in [-0.15, -0.1) is 0 Å². The van der Waals surface area contributed by atoms with Crippen molar-refractivity contribution in [3.8, 4) is 0 Å². The van der Waals surface area contributed by atoms with Gasteiger partial charge in [0.05, 0.1) is 13.2 Å². The monoisotopic (exact) mass is 270 g/mol. The molecule has 0 aliphatic carbocycles. The van der Waals surface area contributed by atoms with E-state index in [1.807, 2.05) is 6.92 Å². The summed E-state index contributed by atoms with van der Waals surface area (Å²) in [5, 5.41) is 3.63. The lowest BCUT2D eigenvalue weighted by atomic mass is 9.93. The van der Waals surface area contributed by atoms with Crippen LogP contribution in [0.1, 0.15) is 41.0 Å². The van der Waals surface area contributed by atoms with Crippen LogP contribution in [0.4, 0.5) is 0 Å². The van der Waals surface area contributed by atoms with Gasteiger partial charge in [-0.3, -0.25) is 9.69 Å². The van der Waals surface area contributed by atoms with E-state index in [0.717, 1.165) is 19.6 Å². The first kappa shape index (κ1) is 16.4. The zero-order chi connectivity index (χ0) is 14.5. The molecule has 0 radical (unpaired) electrons. The molecule has 0 aromatic rings. The molecule has 0 saturated carbocycles. The number of nitrogens with one attached hydrogen (secondary N) is 1. The molecule has 1 fully saturated rings. The fraction of sp³-hybridized carbons (Fsp3) is 0.933. The van der Waals surface area contributed by atoms with Gasteiger partial charge in [-0.05, 0) is 24.7 Å². The Morgan fingerprint density at radius 1 is 1.37 bits per heavy atom. The first-order chi connectivity index (χ1) is 8.80. The van der Waals surface area contributed by atoms with Gasteiger partial charge in [-0.2, -0.15) is 0 Å². The molecule has 0 aromatic carbocycles. The molecule has 19 heavy (non-hydrogen) atoms. The van der Waals surface area contributed by atoms with E-state index in [1.165, 1.54) is 6.42 Å². The molecule has 1 aliphatic heterocycles. The lowest BCUT2D eigenvalue weighted by Gasteiger charge is -2.37. The smallest absolute Gasteiger partial charge is 0.320 e. The van der Waals surface area contributed by atoms with Gasteiger partial charge >= 0.3 is 5.97 Å². The zero-order valence-electron chi connectivity index (χ0n) is 13.2. The van der Waals surface area contributed by atoms with E-state index < -0.39 is 0 Å². The molecule has 112 valence electrons. The Morgan fingerprint density at radius 3 is 2.63 bits per heavy atom. The van der Waals surface area contributed by atoms with Gasteiger partial charge in [0.1, 0.15) is 0 Å². The summed E-state index contributed by atoms with van der Waals surface area (Å²) >= 11 is 0. The SMILES string of the molecule is CCOC(=O)CN1CC(C)CC(NCC(C)(C)C)C1. The number of carbonyl (C=O) groups is 1. The Balaban J connectivity index is 2.41. The van der Waals surface area contributed by atoms with E-state index in [-0.39, 0.29) is 5.97 Å². The quantitative estimate of drug-likeness (QED) is 0.775. The Hall–Kier alpha value is -0.610. The van der Waals surface area contributed by atoms with Gasteiger partial charge in [-0.25, -0.2) is 0 Å². The number of ether oxygens (including phenoxy) is 1. The van der Waals surface area contributed by atoms with Crippen molar-refractivity contribution >= 4 is 5.97 Å². The molecule has 4 heteroatoms.